The van der Waals surface area contributed by atoms with E-state index in [0.29, 0.717) is 0 Å². The van der Waals surface area contributed by atoms with Gasteiger partial charge in [-0.05, 0) is 49.9 Å². The van der Waals surface area contributed by atoms with E-state index < -0.39 is 0 Å². The maximum atomic E-state index is 6.12. The zero-order valence-electron chi connectivity index (χ0n) is 10.4. The summed E-state index contributed by atoms with van der Waals surface area (Å²) in [4.78, 5) is 0. The number of hydrogen-bond acceptors (Lipinski definition) is 1. The van der Waals surface area contributed by atoms with E-state index in [4.69, 9.17) is 11.6 Å². The fourth-order valence-corrected chi connectivity index (χ4v) is 2.85. The van der Waals surface area contributed by atoms with Crippen molar-refractivity contribution in [3.63, 3.8) is 0 Å². The van der Waals surface area contributed by atoms with E-state index in [9.17, 15) is 0 Å². The predicted molar refractivity (Wildman–Crippen MR) is 74.6 cm³/mol. The Labute approximate surface area is 110 Å². The minimum Gasteiger partial charge on any atom is -0.316 e. The van der Waals surface area contributed by atoms with Gasteiger partial charge in [0.25, 0.3) is 0 Å². The van der Waals surface area contributed by atoms with Gasteiger partial charge in [-0.15, -0.1) is 0 Å². The van der Waals surface area contributed by atoms with E-state index in [1.807, 2.05) is 12.1 Å². The molecule has 1 aromatic carbocycles. The van der Waals surface area contributed by atoms with Crippen LogP contribution in [-0.2, 0) is 6.42 Å². The van der Waals surface area contributed by atoms with Crippen molar-refractivity contribution in [1.29, 1.82) is 0 Å². The fourth-order valence-electron chi connectivity index (χ4n) is 2.62. The van der Waals surface area contributed by atoms with Gasteiger partial charge in [0, 0.05) is 5.02 Å². The molecule has 0 heterocycles. The van der Waals surface area contributed by atoms with Crippen molar-refractivity contribution in [2.75, 3.05) is 13.1 Å². The highest BCUT2D eigenvalue weighted by molar-refractivity contribution is 6.31. The minimum absolute atomic E-state index is 0.895. The maximum Gasteiger partial charge on any atom is 0.0438 e. The van der Waals surface area contributed by atoms with Crippen LogP contribution in [0.1, 0.15) is 37.7 Å². The van der Waals surface area contributed by atoms with Gasteiger partial charge in [0.05, 0.1) is 0 Å². The first-order valence-corrected chi connectivity index (χ1v) is 7.18. The third kappa shape index (κ3) is 4.33. The van der Waals surface area contributed by atoms with Crippen molar-refractivity contribution in [2.24, 2.45) is 5.92 Å². The smallest absolute Gasteiger partial charge is 0.0438 e. The van der Waals surface area contributed by atoms with Crippen molar-refractivity contribution < 1.29 is 0 Å². The van der Waals surface area contributed by atoms with Gasteiger partial charge in [0.15, 0.2) is 0 Å². The van der Waals surface area contributed by atoms with Gasteiger partial charge in [-0.2, -0.15) is 0 Å². The van der Waals surface area contributed by atoms with Crippen LogP contribution >= 0.6 is 11.6 Å². The molecule has 0 amide bonds. The van der Waals surface area contributed by atoms with Crippen LogP contribution in [0.5, 0.6) is 0 Å². The van der Waals surface area contributed by atoms with E-state index in [0.717, 1.165) is 23.9 Å². The van der Waals surface area contributed by atoms with Crippen LogP contribution in [0.4, 0.5) is 0 Å². The molecule has 94 valence electrons. The summed E-state index contributed by atoms with van der Waals surface area (Å²) < 4.78 is 0. The molecule has 1 aliphatic rings. The summed E-state index contributed by atoms with van der Waals surface area (Å²) in [5, 5.41) is 4.47. The average Bonchev–Trinajstić information content (AvgIpc) is 2.38. The Morgan fingerprint density at radius 3 is 2.65 bits per heavy atom. The minimum atomic E-state index is 0.895. The Morgan fingerprint density at radius 2 is 1.88 bits per heavy atom. The quantitative estimate of drug-likeness (QED) is 0.779. The van der Waals surface area contributed by atoms with Crippen LogP contribution < -0.4 is 5.32 Å². The summed E-state index contributed by atoms with van der Waals surface area (Å²) in [6, 6.07) is 8.13. The van der Waals surface area contributed by atoms with Crippen LogP contribution in [0.25, 0.3) is 0 Å². The highest BCUT2D eigenvalue weighted by Crippen LogP contribution is 2.22. The van der Waals surface area contributed by atoms with Crippen molar-refractivity contribution in [1.82, 2.24) is 5.32 Å². The lowest BCUT2D eigenvalue weighted by atomic mass is 9.89. The highest BCUT2D eigenvalue weighted by atomic mass is 35.5. The molecule has 0 spiro atoms. The molecule has 17 heavy (non-hydrogen) atoms. The zero-order chi connectivity index (χ0) is 11.9. The predicted octanol–water partition coefficient (Wildman–Crippen LogP) is 4.05. The second-order valence-corrected chi connectivity index (χ2v) is 5.46. The number of nitrogens with one attached hydrogen (secondary N) is 1. The van der Waals surface area contributed by atoms with Crippen molar-refractivity contribution in [2.45, 2.75) is 38.5 Å². The summed E-state index contributed by atoms with van der Waals surface area (Å²) >= 11 is 6.12. The van der Waals surface area contributed by atoms with Crippen LogP contribution in [0, 0.1) is 5.92 Å². The molecule has 0 saturated heterocycles. The summed E-state index contributed by atoms with van der Waals surface area (Å²) in [7, 11) is 0. The second kappa shape index (κ2) is 7.03. The molecular formula is C15H22ClN. The Hall–Kier alpha value is -0.530. The topological polar surface area (TPSA) is 12.0 Å². The first-order valence-electron chi connectivity index (χ1n) is 6.80. The second-order valence-electron chi connectivity index (χ2n) is 5.05. The maximum absolute atomic E-state index is 6.12. The molecule has 0 aromatic heterocycles. The molecule has 1 fully saturated rings. The molecule has 0 unspecified atom stereocenters. The van der Waals surface area contributed by atoms with E-state index >= 15 is 0 Å². The van der Waals surface area contributed by atoms with Gasteiger partial charge in [0.2, 0.25) is 0 Å². The fraction of sp³-hybridized carbons (Fsp3) is 0.600. The van der Waals surface area contributed by atoms with Crippen LogP contribution in [0.3, 0.4) is 0 Å². The number of hydrogen-bond donors (Lipinski definition) is 1. The molecule has 1 saturated carbocycles. The molecule has 1 aromatic rings. The van der Waals surface area contributed by atoms with Crippen LogP contribution in [0.15, 0.2) is 24.3 Å². The van der Waals surface area contributed by atoms with Gasteiger partial charge in [-0.25, -0.2) is 0 Å². The van der Waals surface area contributed by atoms with Gasteiger partial charge < -0.3 is 5.32 Å². The zero-order valence-corrected chi connectivity index (χ0v) is 11.2. The largest absolute Gasteiger partial charge is 0.316 e. The molecule has 0 radical (unpaired) electrons. The first kappa shape index (κ1) is 12.9. The Balaban J connectivity index is 1.64. The monoisotopic (exact) mass is 251 g/mol. The van der Waals surface area contributed by atoms with E-state index in [1.54, 1.807) is 0 Å². The van der Waals surface area contributed by atoms with E-state index in [2.05, 4.69) is 17.4 Å². The molecule has 1 aliphatic carbocycles. The van der Waals surface area contributed by atoms with Crippen LogP contribution in [0.2, 0.25) is 5.02 Å². The summed E-state index contributed by atoms with van der Waals surface area (Å²) in [6.07, 6.45) is 8.16. The highest BCUT2D eigenvalue weighted by Gasteiger charge is 2.12. The SMILES string of the molecule is Clc1ccccc1CCNCC1CCCCC1. The van der Waals surface area contributed by atoms with Gasteiger partial charge >= 0.3 is 0 Å². The third-order valence-corrected chi connectivity index (χ3v) is 4.06. The number of rotatable bonds is 5. The van der Waals surface area contributed by atoms with Crippen molar-refractivity contribution >= 4 is 11.6 Å². The molecule has 2 rings (SSSR count). The summed E-state index contributed by atoms with van der Waals surface area (Å²) in [6.45, 7) is 2.23. The molecular weight excluding hydrogens is 230 g/mol. The van der Waals surface area contributed by atoms with E-state index in [1.165, 1.54) is 44.2 Å². The lowest BCUT2D eigenvalue weighted by molar-refractivity contribution is 0.343. The molecule has 1 N–H and O–H groups in total. The normalized spacial score (nSPS) is 17.2. The van der Waals surface area contributed by atoms with Gasteiger partial charge in [-0.1, -0.05) is 49.1 Å². The number of benzene rings is 1. The molecule has 2 heteroatoms. The van der Waals surface area contributed by atoms with Crippen LogP contribution in [-0.4, -0.2) is 13.1 Å². The number of halogens is 1. The summed E-state index contributed by atoms with van der Waals surface area (Å²) in [5.74, 6) is 0.912. The molecule has 0 bridgehead atoms. The lowest BCUT2D eigenvalue weighted by Crippen LogP contribution is -2.26. The average molecular weight is 252 g/mol. The van der Waals surface area contributed by atoms with Crippen molar-refractivity contribution in [3.05, 3.63) is 34.9 Å². The van der Waals surface area contributed by atoms with Gasteiger partial charge in [0.1, 0.15) is 0 Å². The standard InChI is InChI=1S/C15H22ClN/c16-15-9-5-4-8-14(15)10-11-17-12-13-6-2-1-3-7-13/h4-5,8-9,13,17H,1-3,6-7,10-12H2. The molecule has 1 nitrogen and oxygen atoms in total. The summed E-state index contributed by atoms with van der Waals surface area (Å²) in [5.41, 5.74) is 1.25. The molecule has 0 aliphatic heterocycles. The third-order valence-electron chi connectivity index (χ3n) is 3.69. The lowest BCUT2D eigenvalue weighted by Gasteiger charge is -2.21. The first-order chi connectivity index (χ1) is 8.36. The molecule has 0 atom stereocenters. The Bertz CT molecular complexity index is 331. The Kier molecular flexibility index (Phi) is 5.34. The Morgan fingerprint density at radius 1 is 1.12 bits per heavy atom. The van der Waals surface area contributed by atoms with Gasteiger partial charge in [-0.3, -0.25) is 0 Å². The van der Waals surface area contributed by atoms with Crippen molar-refractivity contribution in [3.8, 4) is 0 Å². The van der Waals surface area contributed by atoms with E-state index in [-0.39, 0.29) is 0 Å².